The lowest BCUT2D eigenvalue weighted by Crippen LogP contribution is -2.30. The van der Waals surface area contributed by atoms with E-state index in [1.54, 1.807) is 23.1 Å². The predicted octanol–water partition coefficient (Wildman–Crippen LogP) is 3.90. The second-order valence-electron chi connectivity index (χ2n) is 4.03. The fourth-order valence-corrected chi connectivity index (χ4v) is 3.07. The van der Waals surface area contributed by atoms with E-state index in [0.717, 1.165) is 25.9 Å². The Labute approximate surface area is 115 Å². The number of hydrogen-bond donors (Lipinski definition) is 0. The van der Waals surface area contributed by atoms with E-state index in [1.807, 2.05) is 0 Å². The van der Waals surface area contributed by atoms with Crippen LogP contribution < -0.4 is 0 Å². The standard InChI is InChI=1S/C12H12Cl3NO/c13-8-4-3-5-9(14)10(8)11(15)12(17)16-6-1-2-7-16/h3-5,11H,1-2,6-7H2. The molecule has 2 rings (SSSR count). The molecule has 1 heterocycles. The number of rotatable bonds is 2. The zero-order chi connectivity index (χ0) is 12.4. The third-order valence-corrected chi connectivity index (χ3v) is 3.95. The maximum Gasteiger partial charge on any atom is 0.245 e. The Morgan fingerprint density at radius 1 is 1.18 bits per heavy atom. The molecule has 17 heavy (non-hydrogen) atoms. The van der Waals surface area contributed by atoms with E-state index in [0.29, 0.717) is 15.6 Å². The van der Waals surface area contributed by atoms with Crippen LogP contribution >= 0.6 is 34.8 Å². The van der Waals surface area contributed by atoms with Crippen molar-refractivity contribution in [2.24, 2.45) is 0 Å². The van der Waals surface area contributed by atoms with Gasteiger partial charge in [0.1, 0.15) is 5.38 Å². The molecule has 1 saturated heterocycles. The van der Waals surface area contributed by atoms with Gasteiger partial charge in [-0.15, -0.1) is 11.6 Å². The van der Waals surface area contributed by atoms with Gasteiger partial charge >= 0.3 is 0 Å². The molecule has 0 N–H and O–H groups in total. The third-order valence-electron chi connectivity index (χ3n) is 2.89. The first-order valence-corrected chi connectivity index (χ1v) is 6.67. The summed E-state index contributed by atoms with van der Waals surface area (Å²) >= 11 is 18.3. The smallest absolute Gasteiger partial charge is 0.245 e. The summed E-state index contributed by atoms with van der Waals surface area (Å²) in [5.74, 6) is -0.112. The average Bonchev–Trinajstić information content (AvgIpc) is 2.81. The summed E-state index contributed by atoms with van der Waals surface area (Å²) < 4.78 is 0. The molecule has 0 aromatic heterocycles. The fraction of sp³-hybridized carbons (Fsp3) is 0.417. The molecule has 0 bridgehead atoms. The van der Waals surface area contributed by atoms with Crippen LogP contribution in [0.25, 0.3) is 0 Å². The number of carbonyl (C=O) groups excluding carboxylic acids is 1. The first-order chi connectivity index (χ1) is 8.11. The summed E-state index contributed by atoms with van der Waals surface area (Å²) in [6.07, 6.45) is 2.07. The van der Waals surface area contributed by atoms with E-state index in [-0.39, 0.29) is 5.91 Å². The summed E-state index contributed by atoms with van der Waals surface area (Å²) in [7, 11) is 0. The van der Waals surface area contributed by atoms with Gasteiger partial charge in [-0.05, 0) is 25.0 Å². The van der Waals surface area contributed by atoms with Crippen LogP contribution in [0.5, 0.6) is 0 Å². The van der Waals surface area contributed by atoms with E-state index < -0.39 is 5.38 Å². The van der Waals surface area contributed by atoms with Crippen LogP contribution in [0.1, 0.15) is 23.8 Å². The van der Waals surface area contributed by atoms with Crippen molar-refractivity contribution in [1.29, 1.82) is 0 Å². The first kappa shape index (κ1) is 13.0. The Bertz CT molecular complexity index is 410. The van der Waals surface area contributed by atoms with Gasteiger partial charge in [-0.1, -0.05) is 29.3 Å². The topological polar surface area (TPSA) is 20.3 Å². The minimum absolute atomic E-state index is 0.112. The number of amides is 1. The maximum atomic E-state index is 12.1. The van der Waals surface area contributed by atoms with Gasteiger partial charge in [0.25, 0.3) is 0 Å². The highest BCUT2D eigenvalue weighted by molar-refractivity contribution is 6.40. The zero-order valence-corrected chi connectivity index (χ0v) is 11.4. The largest absolute Gasteiger partial charge is 0.341 e. The van der Waals surface area contributed by atoms with Crippen molar-refractivity contribution in [3.8, 4) is 0 Å². The van der Waals surface area contributed by atoms with Crippen LogP contribution in [0, 0.1) is 0 Å². The van der Waals surface area contributed by atoms with E-state index in [1.165, 1.54) is 0 Å². The molecule has 1 aromatic carbocycles. The molecule has 1 fully saturated rings. The van der Waals surface area contributed by atoms with Crippen molar-refractivity contribution in [2.45, 2.75) is 18.2 Å². The van der Waals surface area contributed by atoms with Crippen molar-refractivity contribution >= 4 is 40.7 Å². The maximum absolute atomic E-state index is 12.1. The summed E-state index contributed by atoms with van der Waals surface area (Å²) in [5.41, 5.74) is 0.509. The van der Waals surface area contributed by atoms with Gasteiger partial charge in [-0.2, -0.15) is 0 Å². The summed E-state index contributed by atoms with van der Waals surface area (Å²) in [4.78, 5) is 13.9. The van der Waals surface area contributed by atoms with E-state index in [9.17, 15) is 4.79 Å². The lowest BCUT2D eigenvalue weighted by atomic mass is 10.1. The van der Waals surface area contributed by atoms with E-state index >= 15 is 0 Å². The molecule has 1 atom stereocenters. The van der Waals surface area contributed by atoms with Crippen molar-refractivity contribution < 1.29 is 4.79 Å². The highest BCUT2D eigenvalue weighted by Crippen LogP contribution is 2.35. The molecule has 1 aliphatic rings. The molecular weight excluding hydrogens is 280 g/mol. The van der Waals surface area contributed by atoms with Gasteiger partial charge in [0.15, 0.2) is 0 Å². The highest BCUT2D eigenvalue weighted by Gasteiger charge is 2.28. The molecule has 1 aliphatic heterocycles. The molecule has 1 aromatic rings. The molecule has 92 valence electrons. The second-order valence-corrected chi connectivity index (χ2v) is 5.28. The van der Waals surface area contributed by atoms with Crippen LogP contribution in [-0.2, 0) is 4.79 Å². The quantitative estimate of drug-likeness (QED) is 0.757. The average molecular weight is 293 g/mol. The minimum Gasteiger partial charge on any atom is -0.341 e. The van der Waals surface area contributed by atoms with Gasteiger partial charge in [-0.25, -0.2) is 0 Å². The summed E-state index contributed by atoms with van der Waals surface area (Å²) in [5, 5.41) is 0.0735. The molecule has 0 saturated carbocycles. The number of hydrogen-bond acceptors (Lipinski definition) is 1. The number of carbonyl (C=O) groups is 1. The van der Waals surface area contributed by atoms with Crippen molar-refractivity contribution in [1.82, 2.24) is 4.90 Å². The van der Waals surface area contributed by atoms with Crippen molar-refractivity contribution in [3.05, 3.63) is 33.8 Å². The lowest BCUT2D eigenvalue weighted by Gasteiger charge is -2.20. The molecule has 1 amide bonds. The molecule has 1 unspecified atom stereocenters. The van der Waals surface area contributed by atoms with Gasteiger partial charge < -0.3 is 4.90 Å². The minimum atomic E-state index is -0.797. The van der Waals surface area contributed by atoms with Gasteiger partial charge in [0, 0.05) is 28.7 Å². The molecule has 5 heteroatoms. The zero-order valence-electron chi connectivity index (χ0n) is 9.13. The normalized spacial score (nSPS) is 17.2. The number of benzene rings is 1. The molecular formula is C12H12Cl3NO. The Kier molecular flexibility index (Phi) is 4.18. The monoisotopic (exact) mass is 291 g/mol. The number of halogens is 3. The molecule has 2 nitrogen and oxygen atoms in total. The molecule has 0 radical (unpaired) electrons. The SMILES string of the molecule is O=C(C(Cl)c1c(Cl)cccc1Cl)N1CCCC1. The fourth-order valence-electron chi connectivity index (χ4n) is 1.97. The Morgan fingerprint density at radius 3 is 2.24 bits per heavy atom. The first-order valence-electron chi connectivity index (χ1n) is 5.48. The Hall–Kier alpha value is -0.440. The summed E-state index contributed by atoms with van der Waals surface area (Å²) in [6, 6.07) is 5.11. The van der Waals surface area contributed by atoms with Gasteiger partial charge in [-0.3, -0.25) is 4.79 Å². The predicted molar refractivity (Wildman–Crippen MR) is 70.9 cm³/mol. The van der Waals surface area contributed by atoms with Gasteiger partial charge in [0.2, 0.25) is 5.91 Å². The van der Waals surface area contributed by atoms with Crippen molar-refractivity contribution in [2.75, 3.05) is 13.1 Å². The van der Waals surface area contributed by atoms with E-state index in [4.69, 9.17) is 34.8 Å². The highest BCUT2D eigenvalue weighted by atomic mass is 35.5. The van der Waals surface area contributed by atoms with Gasteiger partial charge in [0.05, 0.1) is 0 Å². The van der Waals surface area contributed by atoms with Crippen LogP contribution in [0.3, 0.4) is 0 Å². The van der Waals surface area contributed by atoms with Crippen LogP contribution in [0.4, 0.5) is 0 Å². The number of nitrogens with zero attached hydrogens (tertiary/aromatic N) is 1. The lowest BCUT2D eigenvalue weighted by molar-refractivity contribution is -0.129. The van der Waals surface area contributed by atoms with Crippen LogP contribution in [-0.4, -0.2) is 23.9 Å². The molecule has 0 spiro atoms. The van der Waals surface area contributed by atoms with Crippen LogP contribution in [0.15, 0.2) is 18.2 Å². The summed E-state index contributed by atoms with van der Waals surface area (Å²) in [6.45, 7) is 1.54. The number of alkyl halides is 1. The Balaban J connectivity index is 2.24. The molecule has 0 aliphatic carbocycles. The van der Waals surface area contributed by atoms with E-state index in [2.05, 4.69) is 0 Å². The third kappa shape index (κ3) is 2.70. The Morgan fingerprint density at radius 2 is 1.71 bits per heavy atom. The second kappa shape index (κ2) is 5.47. The number of likely N-dealkylation sites (tertiary alicyclic amines) is 1. The van der Waals surface area contributed by atoms with Crippen LogP contribution in [0.2, 0.25) is 10.0 Å². The van der Waals surface area contributed by atoms with Crippen molar-refractivity contribution in [3.63, 3.8) is 0 Å².